The summed E-state index contributed by atoms with van der Waals surface area (Å²) in [5, 5.41) is 2.20. The first-order valence-electron chi connectivity index (χ1n) is 6.38. The summed E-state index contributed by atoms with van der Waals surface area (Å²) < 4.78 is 0. The van der Waals surface area contributed by atoms with Crippen molar-refractivity contribution in [2.75, 3.05) is 18.8 Å². The molecular formula is C13H21N3OS. The van der Waals surface area contributed by atoms with Crippen LogP contribution in [0.1, 0.15) is 44.1 Å². The van der Waals surface area contributed by atoms with E-state index in [1.807, 2.05) is 4.90 Å². The quantitative estimate of drug-likeness (QED) is 0.851. The summed E-state index contributed by atoms with van der Waals surface area (Å²) >= 11 is 1.32. The molecule has 100 valence electrons. The van der Waals surface area contributed by atoms with Gasteiger partial charge in [-0.1, -0.05) is 20.8 Å². The molecule has 0 aromatic carbocycles. The van der Waals surface area contributed by atoms with Crippen LogP contribution >= 0.6 is 11.3 Å². The highest BCUT2D eigenvalue weighted by Gasteiger charge is 2.31. The lowest BCUT2D eigenvalue weighted by Gasteiger charge is -2.38. The molecule has 1 fully saturated rings. The Kier molecular flexibility index (Phi) is 3.61. The number of nitrogen functional groups attached to an aromatic ring is 1. The van der Waals surface area contributed by atoms with E-state index in [0.717, 1.165) is 25.9 Å². The Balaban J connectivity index is 1.96. The number of nitrogens with two attached hydrogens (primary N) is 1. The van der Waals surface area contributed by atoms with Gasteiger partial charge in [0.05, 0.1) is 0 Å². The minimum atomic E-state index is 0.0234. The molecule has 1 amide bonds. The van der Waals surface area contributed by atoms with Gasteiger partial charge in [-0.25, -0.2) is 4.98 Å². The summed E-state index contributed by atoms with van der Waals surface area (Å²) in [4.78, 5) is 18.1. The van der Waals surface area contributed by atoms with Crippen molar-refractivity contribution < 1.29 is 4.79 Å². The van der Waals surface area contributed by atoms with Gasteiger partial charge in [0, 0.05) is 18.5 Å². The summed E-state index contributed by atoms with van der Waals surface area (Å²) in [6, 6.07) is 0. The van der Waals surface area contributed by atoms with E-state index < -0.39 is 0 Å². The predicted octanol–water partition coefficient (Wildman–Crippen LogP) is 2.62. The maximum absolute atomic E-state index is 12.2. The molecule has 2 heterocycles. The average molecular weight is 267 g/mol. The fourth-order valence-electron chi connectivity index (χ4n) is 2.50. The minimum absolute atomic E-state index is 0.0234. The Morgan fingerprint density at radius 3 is 2.50 bits per heavy atom. The molecule has 1 aromatic rings. The number of likely N-dealkylation sites (tertiary alicyclic amines) is 1. The van der Waals surface area contributed by atoms with Gasteiger partial charge in [0.15, 0.2) is 5.13 Å². The first-order chi connectivity index (χ1) is 8.38. The number of piperidine rings is 1. The monoisotopic (exact) mass is 267 g/mol. The smallest absolute Gasteiger partial charge is 0.273 e. The van der Waals surface area contributed by atoms with E-state index in [2.05, 4.69) is 25.8 Å². The molecule has 18 heavy (non-hydrogen) atoms. The van der Waals surface area contributed by atoms with Crippen LogP contribution in [0.25, 0.3) is 0 Å². The maximum Gasteiger partial charge on any atom is 0.273 e. The van der Waals surface area contributed by atoms with Crippen LogP contribution in [0.5, 0.6) is 0 Å². The zero-order valence-corrected chi connectivity index (χ0v) is 12.1. The number of thiazole rings is 1. The second kappa shape index (κ2) is 4.88. The van der Waals surface area contributed by atoms with Crippen molar-refractivity contribution in [2.45, 2.75) is 33.6 Å². The lowest BCUT2D eigenvalue weighted by Crippen LogP contribution is -2.41. The first kappa shape index (κ1) is 13.3. The summed E-state index contributed by atoms with van der Waals surface area (Å²) in [6.07, 6.45) is 2.16. The van der Waals surface area contributed by atoms with Gasteiger partial charge in [0.25, 0.3) is 5.91 Å². The highest BCUT2D eigenvalue weighted by atomic mass is 32.1. The Labute approximate surface area is 112 Å². The van der Waals surface area contributed by atoms with Crippen LogP contribution < -0.4 is 5.73 Å². The number of nitrogens with zero attached hydrogens (tertiary/aromatic N) is 2. The third kappa shape index (κ3) is 2.83. The Morgan fingerprint density at radius 1 is 1.44 bits per heavy atom. The number of amides is 1. The molecule has 0 radical (unpaired) electrons. The molecule has 2 N–H and O–H groups in total. The van der Waals surface area contributed by atoms with E-state index >= 15 is 0 Å². The number of aromatic nitrogens is 1. The van der Waals surface area contributed by atoms with Gasteiger partial charge in [0.1, 0.15) is 5.69 Å². The molecule has 0 unspecified atom stereocenters. The molecule has 0 atom stereocenters. The Bertz CT molecular complexity index is 428. The lowest BCUT2D eigenvalue weighted by molar-refractivity contribution is 0.0604. The van der Waals surface area contributed by atoms with Gasteiger partial charge in [0.2, 0.25) is 0 Å². The zero-order chi connectivity index (χ0) is 13.3. The van der Waals surface area contributed by atoms with E-state index in [1.165, 1.54) is 11.3 Å². The van der Waals surface area contributed by atoms with Crippen molar-refractivity contribution in [2.24, 2.45) is 11.3 Å². The lowest BCUT2D eigenvalue weighted by atomic mass is 9.75. The summed E-state index contributed by atoms with van der Waals surface area (Å²) in [7, 11) is 0. The highest BCUT2D eigenvalue weighted by Crippen LogP contribution is 2.34. The summed E-state index contributed by atoms with van der Waals surface area (Å²) in [6.45, 7) is 8.49. The standard InChI is InChI=1S/C13H21N3OS/c1-13(2,3)9-4-6-16(7-5-9)11(17)10-8-18-12(14)15-10/h8-9H,4-7H2,1-3H3,(H2,14,15). The molecule has 5 heteroatoms. The summed E-state index contributed by atoms with van der Waals surface area (Å²) in [5.41, 5.74) is 6.39. The molecule has 2 rings (SSSR count). The minimum Gasteiger partial charge on any atom is -0.375 e. The number of rotatable bonds is 1. The van der Waals surface area contributed by atoms with Crippen molar-refractivity contribution in [1.29, 1.82) is 0 Å². The summed E-state index contributed by atoms with van der Waals surface area (Å²) in [5.74, 6) is 0.720. The van der Waals surface area contributed by atoms with E-state index in [4.69, 9.17) is 5.73 Å². The van der Waals surface area contributed by atoms with E-state index in [1.54, 1.807) is 5.38 Å². The van der Waals surface area contributed by atoms with Gasteiger partial charge in [-0.3, -0.25) is 4.79 Å². The normalized spacial score (nSPS) is 18.1. The van der Waals surface area contributed by atoms with Gasteiger partial charge < -0.3 is 10.6 Å². The molecule has 0 aliphatic carbocycles. The second-order valence-corrected chi connectivity index (χ2v) is 6.89. The predicted molar refractivity (Wildman–Crippen MR) is 74.6 cm³/mol. The van der Waals surface area contributed by atoms with Crippen LogP contribution in [-0.4, -0.2) is 28.9 Å². The third-order valence-corrected chi connectivity index (χ3v) is 4.42. The van der Waals surface area contributed by atoms with Crippen LogP contribution in [0, 0.1) is 11.3 Å². The largest absolute Gasteiger partial charge is 0.375 e. The van der Waals surface area contributed by atoms with Crippen molar-refractivity contribution >= 4 is 22.4 Å². The zero-order valence-electron chi connectivity index (χ0n) is 11.3. The fraction of sp³-hybridized carbons (Fsp3) is 0.692. The van der Waals surface area contributed by atoms with Gasteiger partial charge in [-0.15, -0.1) is 11.3 Å². The van der Waals surface area contributed by atoms with Crippen molar-refractivity contribution in [3.8, 4) is 0 Å². The van der Waals surface area contributed by atoms with Crippen LogP contribution in [0.15, 0.2) is 5.38 Å². The number of carbonyl (C=O) groups is 1. The Morgan fingerprint density at radius 2 is 2.06 bits per heavy atom. The van der Waals surface area contributed by atoms with Crippen molar-refractivity contribution in [3.05, 3.63) is 11.1 Å². The fourth-order valence-corrected chi connectivity index (χ4v) is 3.03. The van der Waals surface area contributed by atoms with Gasteiger partial charge in [-0.05, 0) is 24.2 Å². The third-order valence-electron chi connectivity index (χ3n) is 3.75. The average Bonchev–Trinajstić information content (AvgIpc) is 2.74. The molecule has 0 spiro atoms. The highest BCUT2D eigenvalue weighted by molar-refractivity contribution is 7.13. The first-order valence-corrected chi connectivity index (χ1v) is 7.26. The van der Waals surface area contributed by atoms with Crippen LogP contribution in [-0.2, 0) is 0 Å². The van der Waals surface area contributed by atoms with Gasteiger partial charge in [-0.2, -0.15) is 0 Å². The van der Waals surface area contributed by atoms with E-state index in [0.29, 0.717) is 22.2 Å². The Hall–Kier alpha value is -1.10. The number of hydrogen-bond acceptors (Lipinski definition) is 4. The molecular weight excluding hydrogens is 246 g/mol. The molecule has 4 nitrogen and oxygen atoms in total. The van der Waals surface area contributed by atoms with E-state index in [9.17, 15) is 4.79 Å². The van der Waals surface area contributed by atoms with Crippen LogP contribution in [0.2, 0.25) is 0 Å². The molecule has 1 aromatic heterocycles. The number of carbonyl (C=O) groups excluding carboxylic acids is 1. The molecule has 1 aliphatic heterocycles. The molecule has 1 aliphatic rings. The van der Waals surface area contributed by atoms with E-state index in [-0.39, 0.29) is 5.91 Å². The van der Waals surface area contributed by atoms with Crippen molar-refractivity contribution in [1.82, 2.24) is 9.88 Å². The number of anilines is 1. The number of hydrogen-bond donors (Lipinski definition) is 1. The SMILES string of the molecule is CC(C)(C)C1CCN(C(=O)c2csc(N)n2)CC1. The topological polar surface area (TPSA) is 59.2 Å². The van der Waals surface area contributed by atoms with Crippen LogP contribution in [0.3, 0.4) is 0 Å². The van der Waals surface area contributed by atoms with Crippen LogP contribution in [0.4, 0.5) is 5.13 Å². The molecule has 1 saturated heterocycles. The van der Waals surface area contributed by atoms with Crippen molar-refractivity contribution in [3.63, 3.8) is 0 Å². The van der Waals surface area contributed by atoms with Gasteiger partial charge >= 0.3 is 0 Å². The maximum atomic E-state index is 12.2. The molecule has 0 bridgehead atoms. The second-order valence-electron chi connectivity index (χ2n) is 6.00. The molecule has 0 saturated carbocycles.